The van der Waals surface area contributed by atoms with Crippen LogP contribution in [0.3, 0.4) is 0 Å². The first-order valence-electron chi connectivity index (χ1n) is 13.3. The number of nitrogens with one attached hydrogen (secondary N) is 2. The maximum Gasteiger partial charge on any atom is 0.212 e. The first kappa shape index (κ1) is 30.5. The van der Waals surface area contributed by atoms with Crippen LogP contribution in [-0.2, 0) is 19.1 Å². The number of carbonyl (C=O) groups excluding carboxylic acids is 2. The number of primary amides is 1. The predicted octanol–water partition coefficient (Wildman–Crippen LogP) is 2.69. The molecule has 0 bridgehead atoms. The molecule has 2 saturated carbocycles. The maximum atomic E-state index is 10.7. The molecule has 3 fully saturated rings. The molecule has 1 saturated heterocycles. The molecule has 12 heteroatoms. The van der Waals surface area contributed by atoms with E-state index in [0.29, 0.717) is 42.5 Å². The minimum absolute atomic E-state index is 0.0360. The van der Waals surface area contributed by atoms with Crippen molar-refractivity contribution in [3.63, 3.8) is 0 Å². The number of benzene rings is 1. The molecule has 5 rings (SSSR count). The van der Waals surface area contributed by atoms with Crippen molar-refractivity contribution in [2.24, 2.45) is 23.1 Å². The van der Waals surface area contributed by atoms with Crippen molar-refractivity contribution in [2.45, 2.75) is 57.8 Å². The third kappa shape index (κ3) is 7.76. The monoisotopic (exact) mass is 555 g/mol. The summed E-state index contributed by atoms with van der Waals surface area (Å²) < 4.78 is 19.7. The van der Waals surface area contributed by atoms with E-state index < -0.39 is 5.79 Å². The molecule has 1 aromatic carbocycles. The van der Waals surface area contributed by atoms with Gasteiger partial charge in [0.2, 0.25) is 12.8 Å². The summed E-state index contributed by atoms with van der Waals surface area (Å²) in [5.41, 5.74) is 19.5. The molecule has 1 aromatic heterocycles. The van der Waals surface area contributed by atoms with Crippen molar-refractivity contribution in [2.75, 3.05) is 25.6 Å². The number of nitrogens with two attached hydrogens (primary N) is 3. The fourth-order valence-corrected chi connectivity index (χ4v) is 4.63. The molecule has 3 aliphatic rings. The SMILES string of the molecule is CC1CC1.COc1c(NC(/C=C(\N)NC=O)=C(\C)N)cccc1-c1cnn(C2CCCC23OCCO3)c1.NC=O. The number of para-hydroxylation sites is 1. The quantitative estimate of drug-likeness (QED) is 0.241. The number of aromatic nitrogens is 2. The third-order valence-electron chi connectivity index (χ3n) is 6.82. The molecule has 2 aromatic rings. The lowest BCUT2D eigenvalue weighted by Gasteiger charge is -2.29. The fraction of sp³-hybridized carbons (Fsp3) is 0.464. The van der Waals surface area contributed by atoms with E-state index >= 15 is 0 Å². The molecular formula is C28H41N7O5. The van der Waals surface area contributed by atoms with Gasteiger partial charge in [-0.15, -0.1) is 0 Å². The number of hydrogen-bond donors (Lipinski definition) is 5. The number of carbonyl (C=O) groups is 2. The van der Waals surface area contributed by atoms with Gasteiger partial charge in [-0.05, 0) is 31.7 Å². The summed E-state index contributed by atoms with van der Waals surface area (Å²) in [6.07, 6.45) is 12.0. The number of methoxy groups -OCH3 is 1. The van der Waals surface area contributed by atoms with Gasteiger partial charge in [0.05, 0.1) is 37.9 Å². The third-order valence-corrected chi connectivity index (χ3v) is 6.82. The zero-order valence-corrected chi connectivity index (χ0v) is 23.4. The second kappa shape index (κ2) is 14.4. The summed E-state index contributed by atoms with van der Waals surface area (Å²) in [4.78, 5) is 19.2. The van der Waals surface area contributed by atoms with Crippen molar-refractivity contribution in [3.05, 3.63) is 53.9 Å². The van der Waals surface area contributed by atoms with Gasteiger partial charge in [0, 0.05) is 35.5 Å². The van der Waals surface area contributed by atoms with Gasteiger partial charge in [0.1, 0.15) is 17.6 Å². The van der Waals surface area contributed by atoms with E-state index in [9.17, 15) is 4.79 Å². The van der Waals surface area contributed by atoms with Crippen LogP contribution in [0.1, 0.15) is 52.0 Å². The molecule has 218 valence electrons. The van der Waals surface area contributed by atoms with Gasteiger partial charge in [-0.2, -0.15) is 5.10 Å². The Kier molecular flexibility index (Phi) is 11.0. The number of ether oxygens (including phenoxy) is 3. The zero-order chi connectivity index (χ0) is 29.1. The number of nitrogens with zero attached hydrogens (tertiary/aromatic N) is 2. The van der Waals surface area contributed by atoms with Crippen molar-refractivity contribution in [3.8, 4) is 16.9 Å². The topological polar surface area (TPSA) is 182 Å². The van der Waals surface area contributed by atoms with Crippen molar-refractivity contribution in [1.29, 1.82) is 0 Å². The second-order valence-corrected chi connectivity index (χ2v) is 9.91. The highest BCUT2D eigenvalue weighted by molar-refractivity contribution is 5.78. The number of hydrogen-bond acceptors (Lipinski definition) is 9. The maximum absolute atomic E-state index is 10.7. The molecule has 2 amide bonds. The highest BCUT2D eigenvalue weighted by atomic mass is 16.7. The number of anilines is 1. The Hall–Kier alpha value is -4.03. The lowest BCUT2D eigenvalue weighted by Crippen LogP contribution is -2.36. The van der Waals surface area contributed by atoms with Gasteiger partial charge in [-0.3, -0.25) is 14.3 Å². The van der Waals surface area contributed by atoms with Crippen molar-refractivity contribution < 1.29 is 23.8 Å². The van der Waals surface area contributed by atoms with E-state index in [-0.39, 0.29) is 18.3 Å². The van der Waals surface area contributed by atoms with Crippen LogP contribution in [-0.4, -0.2) is 48.7 Å². The van der Waals surface area contributed by atoms with E-state index in [0.717, 1.165) is 36.3 Å². The highest BCUT2D eigenvalue weighted by Gasteiger charge is 2.49. The predicted molar refractivity (Wildman–Crippen MR) is 152 cm³/mol. The molecule has 1 spiro atoms. The van der Waals surface area contributed by atoms with Crippen LogP contribution in [0.4, 0.5) is 5.69 Å². The van der Waals surface area contributed by atoms with Gasteiger partial charge in [-0.1, -0.05) is 31.9 Å². The van der Waals surface area contributed by atoms with Crippen molar-refractivity contribution >= 4 is 18.5 Å². The van der Waals surface area contributed by atoms with Gasteiger partial charge < -0.3 is 42.0 Å². The highest BCUT2D eigenvalue weighted by Crippen LogP contribution is 2.46. The summed E-state index contributed by atoms with van der Waals surface area (Å²) in [5.74, 6) is 1.30. The summed E-state index contributed by atoms with van der Waals surface area (Å²) in [5, 5.41) is 10.3. The first-order valence-corrected chi connectivity index (χ1v) is 13.3. The first-order chi connectivity index (χ1) is 19.3. The van der Waals surface area contributed by atoms with Crippen LogP contribution in [0.25, 0.3) is 11.1 Å². The second-order valence-electron chi connectivity index (χ2n) is 9.91. The largest absolute Gasteiger partial charge is 0.494 e. The van der Waals surface area contributed by atoms with Crippen LogP contribution >= 0.6 is 0 Å². The summed E-state index contributed by atoms with van der Waals surface area (Å²) >= 11 is 0. The Balaban J connectivity index is 0.000000557. The number of rotatable bonds is 8. The molecule has 0 radical (unpaired) electrons. The molecule has 1 unspecified atom stereocenters. The molecule has 8 N–H and O–H groups in total. The van der Waals surface area contributed by atoms with E-state index in [2.05, 4.69) is 28.4 Å². The minimum atomic E-state index is -0.572. The Morgan fingerprint density at radius 2 is 1.88 bits per heavy atom. The average Bonchev–Trinajstić information content (AvgIpc) is 3.33. The Morgan fingerprint density at radius 1 is 1.20 bits per heavy atom. The minimum Gasteiger partial charge on any atom is -0.494 e. The molecule has 12 nitrogen and oxygen atoms in total. The zero-order valence-electron chi connectivity index (χ0n) is 23.4. The summed E-state index contributed by atoms with van der Waals surface area (Å²) in [6, 6.07) is 5.79. The Morgan fingerprint density at radius 3 is 2.45 bits per heavy atom. The molecule has 40 heavy (non-hydrogen) atoms. The van der Waals surface area contributed by atoms with Crippen LogP contribution in [0.5, 0.6) is 5.75 Å². The van der Waals surface area contributed by atoms with E-state index in [1.807, 2.05) is 35.3 Å². The van der Waals surface area contributed by atoms with Crippen LogP contribution < -0.4 is 32.6 Å². The van der Waals surface area contributed by atoms with Gasteiger partial charge in [-0.25, -0.2) is 0 Å². The fourth-order valence-electron chi connectivity index (χ4n) is 4.63. The number of amides is 2. The normalized spacial score (nSPS) is 19.9. The number of allylic oxidation sites excluding steroid dienone is 2. The molecule has 1 atom stereocenters. The van der Waals surface area contributed by atoms with Crippen molar-refractivity contribution in [1.82, 2.24) is 15.1 Å². The molecule has 2 aliphatic carbocycles. The smallest absolute Gasteiger partial charge is 0.212 e. The summed E-state index contributed by atoms with van der Waals surface area (Å²) in [6.45, 7) is 5.24. The van der Waals surface area contributed by atoms with E-state index in [1.165, 1.54) is 12.8 Å². The van der Waals surface area contributed by atoms with Crippen LogP contribution in [0, 0.1) is 5.92 Å². The Labute approximate surface area is 234 Å². The lowest BCUT2D eigenvalue weighted by atomic mass is 10.1. The van der Waals surface area contributed by atoms with Crippen LogP contribution in [0.15, 0.2) is 53.9 Å². The Bertz CT molecular complexity index is 1190. The molecular weight excluding hydrogens is 514 g/mol. The van der Waals surface area contributed by atoms with Gasteiger partial charge >= 0.3 is 0 Å². The van der Waals surface area contributed by atoms with Gasteiger partial charge in [0.15, 0.2) is 5.79 Å². The molecule has 2 heterocycles. The van der Waals surface area contributed by atoms with Gasteiger partial charge in [0.25, 0.3) is 0 Å². The standard InChI is InChI=1S/C23H30N6O4.C4H8.CH3NO/c1-15(24)19(11-21(25)26-14-30)28-18-6-3-5-17(22(18)31-2)16-12-27-29(13-16)20-7-4-8-23(20)32-9-10-33-23;1-4-2-3-4;2-1-3/h3,5-6,11-14,20,28H,4,7-10,24-25H2,1-2H3,(H,26,30);4H,2-3H2,1H3;1H,(H2,2,3)/b19-15+,21-11+;;. The average molecular weight is 556 g/mol. The molecule has 1 aliphatic heterocycles. The van der Waals surface area contributed by atoms with E-state index in [4.69, 9.17) is 30.5 Å². The summed E-state index contributed by atoms with van der Waals surface area (Å²) in [7, 11) is 1.61. The van der Waals surface area contributed by atoms with E-state index in [1.54, 1.807) is 20.1 Å². The van der Waals surface area contributed by atoms with Crippen LogP contribution in [0.2, 0.25) is 0 Å². The lowest BCUT2D eigenvalue weighted by molar-refractivity contribution is -0.177.